The van der Waals surface area contributed by atoms with Crippen LogP contribution in [0.1, 0.15) is 64.2 Å². The minimum Gasteiger partial charge on any atom is -0.213 e. The van der Waals surface area contributed by atoms with E-state index in [0.717, 1.165) is 24.7 Å². The highest BCUT2D eigenvalue weighted by atomic mass is 32.2. The Balaban J connectivity index is 1.69. The normalized spacial score (nSPS) is 31.4. The van der Waals surface area contributed by atoms with Crippen molar-refractivity contribution in [3.8, 4) is 0 Å². The molecule has 2 fully saturated rings. The van der Waals surface area contributed by atoms with Gasteiger partial charge in [0.15, 0.2) is 0 Å². The smallest absolute Gasteiger partial charge is 0.208 e. The summed E-state index contributed by atoms with van der Waals surface area (Å²) in [5, 5.41) is 0. The Morgan fingerprint density at radius 1 is 0.889 bits per heavy atom. The molecule has 106 valence electrons. The van der Waals surface area contributed by atoms with Gasteiger partial charge >= 0.3 is 0 Å². The van der Waals surface area contributed by atoms with Crippen LogP contribution >= 0.6 is 0 Å². The van der Waals surface area contributed by atoms with E-state index in [1.165, 1.54) is 57.6 Å². The van der Waals surface area contributed by atoms with Crippen LogP contribution in [-0.2, 0) is 10.0 Å². The lowest BCUT2D eigenvalue weighted by molar-refractivity contribution is 0.230. The lowest BCUT2D eigenvalue weighted by Gasteiger charge is -2.32. The SMILES string of the molecule is CS(=O)(=O)NC1CCC(CC2CCCCC2)CC1. The van der Waals surface area contributed by atoms with Crippen molar-refractivity contribution in [3.05, 3.63) is 0 Å². The second kappa shape index (κ2) is 6.38. The second-order valence-electron chi connectivity index (χ2n) is 6.35. The van der Waals surface area contributed by atoms with Crippen molar-refractivity contribution < 1.29 is 8.42 Å². The lowest BCUT2D eigenvalue weighted by atomic mass is 9.77. The Morgan fingerprint density at radius 2 is 1.44 bits per heavy atom. The molecule has 3 nitrogen and oxygen atoms in total. The fourth-order valence-corrected chi connectivity index (χ4v) is 4.55. The first-order chi connectivity index (χ1) is 8.53. The Morgan fingerprint density at radius 3 is 2.00 bits per heavy atom. The van der Waals surface area contributed by atoms with Crippen molar-refractivity contribution in [1.29, 1.82) is 0 Å². The van der Waals surface area contributed by atoms with E-state index in [4.69, 9.17) is 0 Å². The van der Waals surface area contributed by atoms with E-state index >= 15 is 0 Å². The van der Waals surface area contributed by atoms with E-state index in [2.05, 4.69) is 4.72 Å². The van der Waals surface area contributed by atoms with Gasteiger partial charge in [0, 0.05) is 6.04 Å². The van der Waals surface area contributed by atoms with Gasteiger partial charge in [0.2, 0.25) is 10.0 Å². The molecule has 0 aromatic heterocycles. The van der Waals surface area contributed by atoms with Crippen molar-refractivity contribution in [2.75, 3.05) is 6.26 Å². The number of sulfonamides is 1. The van der Waals surface area contributed by atoms with Gasteiger partial charge in [0.25, 0.3) is 0 Å². The van der Waals surface area contributed by atoms with Crippen LogP contribution in [-0.4, -0.2) is 20.7 Å². The summed E-state index contributed by atoms with van der Waals surface area (Å²) in [6, 6.07) is 0.197. The molecule has 18 heavy (non-hydrogen) atoms. The maximum absolute atomic E-state index is 11.2. The molecule has 2 saturated carbocycles. The van der Waals surface area contributed by atoms with E-state index in [0.29, 0.717) is 0 Å². The molecular weight excluding hydrogens is 246 g/mol. The van der Waals surface area contributed by atoms with Gasteiger partial charge in [-0.1, -0.05) is 32.1 Å². The summed E-state index contributed by atoms with van der Waals surface area (Å²) in [7, 11) is -3.02. The minimum absolute atomic E-state index is 0.197. The number of hydrogen-bond donors (Lipinski definition) is 1. The third-order valence-electron chi connectivity index (χ3n) is 4.62. The highest BCUT2D eigenvalue weighted by molar-refractivity contribution is 7.88. The predicted octanol–water partition coefficient (Wildman–Crippen LogP) is 3.06. The van der Waals surface area contributed by atoms with E-state index in [1.54, 1.807) is 0 Å². The van der Waals surface area contributed by atoms with Gasteiger partial charge in [-0.15, -0.1) is 0 Å². The van der Waals surface area contributed by atoms with Crippen LogP contribution < -0.4 is 4.72 Å². The quantitative estimate of drug-likeness (QED) is 0.855. The Labute approximate surface area is 112 Å². The molecule has 1 N–H and O–H groups in total. The summed E-state index contributed by atoms with van der Waals surface area (Å²) in [5.74, 6) is 1.81. The molecule has 2 aliphatic rings. The van der Waals surface area contributed by atoms with Gasteiger partial charge in [0.05, 0.1) is 6.26 Å². The molecule has 0 heterocycles. The Bertz CT molecular complexity index is 339. The summed E-state index contributed by atoms with van der Waals surface area (Å²) >= 11 is 0. The zero-order chi connectivity index (χ0) is 13.0. The maximum Gasteiger partial charge on any atom is 0.208 e. The fourth-order valence-electron chi connectivity index (χ4n) is 3.71. The zero-order valence-corrected chi connectivity index (χ0v) is 12.3. The highest BCUT2D eigenvalue weighted by Crippen LogP contribution is 2.35. The van der Waals surface area contributed by atoms with Gasteiger partial charge in [-0.3, -0.25) is 0 Å². The van der Waals surface area contributed by atoms with Crippen molar-refractivity contribution in [3.63, 3.8) is 0 Å². The van der Waals surface area contributed by atoms with E-state index in [1.807, 2.05) is 0 Å². The van der Waals surface area contributed by atoms with Gasteiger partial charge in [-0.05, 0) is 43.9 Å². The summed E-state index contributed by atoms with van der Waals surface area (Å²) in [6.07, 6.45) is 14.3. The molecule has 0 bridgehead atoms. The van der Waals surface area contributed by atoms with Crippen LogP contribution in [0.2, 0.25) is 0 Å². The van der Waals surface area contributed by atoms with Crippen LogP contribution in [0.25, 0.3) is 0 Å². The first-order valence-corrected chi connectivity index (χ1v) is 9.39. The van der Waals surface area contributed by atoms with Gasteiger partial charge in [0.1, 0.15) is 0 Å². The topological polar surface area (TPSA) is 46.2 Å². The molecule has 0 spiro atoms. The standard InChI is InChI=1S/C14H27NO2S/c1-18(16,17)15-14-9-7-13(8-10-14)11-12-5-3-2-4-6-12/h12-15H,2-11H2,1H3. The molecule has 0 saturated heterocycles. The first kappa shape index (κ1) is 14.3. The molecule has 0 aromatic carbocycles. The predicted molar refractivity (Wildman–Crippen MR) is 74.9 cm³/mol. The third kappa shape index (κ3) is 4.88. The molecule has 0 amide bonds. The van der Waals surface area contributed by atoms with Crippen molar-refractivity contribution in [2.45, 2.75) is 70.3 Å². The molecule has 4 heteroatoms. The maximum atomic E-state index is 11.2. The first-order valence-electron chi connectivity index (χ1n) is 7.50. The van der Waals surface area contributed by atoms with E-state index in [9.17, 15) is 8.42 Å². The van der Waals surface area contributed by atoms with Crippen molar-refractivity contribution in [2.24, 2.45) is 11.8 Å². The summed E-state index contributed by atoms with van der Waals surface area (Å²) in [6.45, 7) is 0. The Kier molecular flexibility index (Phi) is 5.07. The van der Waals surface area contributed by atoms with Crippen LogP contribution in [0.5, 0.6) is 0 Å². The lowest BCUT2D eigenvalue weighted by Crippen LogP contribution is -2.37. The monoisotopic (exact) mass is 273 g/mol. The molecule has 0 radical (unpaired) electrons. The molecule has 2 aliphatic carbocycles. The third-order valence-corrected chi connectivity index (χ3v) is 5.38. The van der Waals surface area contributed by atoms with Crippen LogP contribution in [0.3, 0.4) is 0 Å². The van der Waals surface area contributed by atoms with E-state index in [-0.39, 0.29) is 6.04 Å². The van der Waals surface area contributed by atoms with Crippen molar-refractivity contribution in [1.82, 2.24) is 4.72 Å². The number of hydrogen-bond acceptors (Lipinski definition) is 2. The average Bonchev–Trinajstić information content (AvgIpc) is 2.31. The molecule has 0 aliphatic heterocycles. The summed E-state index contributed by atoms with van der Waals surface area (Å²) in [4.78, 5) is 0. The molecule has 0 unspecified atom stereocenters. The minimum atomic E-state index is -3.02. The van der Waals surface area contributed by atoms with Crippen LogP contribution in [0, 0.1) is 11.8 Å². The fraction of sp³-hybridized carbons (Fsp3) is 1.00. The summed E-state index contributed by atoms with van der Waals surface area (Å²) < 4.78 is 25.1. The van der Waals surface area contributed by atoms with Crippen LogP contribution in [0.15, 0.2) is 0 Å². The molecule has 0 aromatic rings. The van der Waals surface area contributed by atoms with Crippen molar-refractivity contribution >= 4 is 10.0 Å². The zero-order valence-electron chi connectivity index (χ0n) is 11.5. The Hall–Kier alpha value is -0.0900. The average molecular weight is 273 g/mol. The van der Waals surface area contributed by atoms with Crippen LogP contribution in [0.4, 0.5) is 0 Å². The number of nitrogens with one attached hydrogen (secondary N) is 1. The highest BCUT2D eigenvalue weighted by Gasteiger charge is 2.25. The second-order valence-corrected chi connectivity index (χ2v) is 8.13. The summed E-state index contributed by atoms with van der Waals surface area (Å²) in [5.41, 5.74) is 0. The largest absolute Gasteiger partial charge is 0.213 e. The number of rotatable bonds is 4. The molecule has 0 atom stereocenters. The van der Waals surface area contributed by atoms with Gasteiger partial charge in [-0.2, -0.15) is 0 Å². The molecular formula is C14H27NO2S. The van der Waals surface area contributed by atoms with E-state index < -0.39 is 10.0 Å². The van der Waals surface area contributed by atoms with Gasteiger partial charge < -0.3 is 0 Å². The van der Waals surface area contributed by atoms with Gasteiger partial charge in [-0.25, -0.2) is 13.1 Å². The molecule has 2 rings (SSSR count).